The molecule has 1 amide bonds. The summed E-state index contributed by atoms with van der Waals surface area (Å²) in [5, 5.41) is 4.55. The van der Waals surface area contributed by atoms with Gasteiger partial charge in [-0.25, -0.2) is 9.31 Å². The lowest BCUT2D eigenvalue weighted by molar-refractivity contribution is -0.122. The topological polar surface area (TPSA) is 84.7 Å². The van der Waals surface area contributed by atoms with E-state index in [1.807, 2.05) is 36.1 Å². The predicted octanol–water partition coefficient (Wildman–Crippen LogP) is 3.40. The molecule has 0 aromatic carbocycles. The van der Waals surface area contributed by atoms with E-state index in [9.17, 15) is 4.79 Å². The molecular weight excluding hydrogens is 496 g/mol. The molecule has 3 aromatic heterocycles. The van der Waals surface area contributed by atoms with Crippen LogP contribution in [0.5, 0.6) is 0 Å². The second-order valence-electron chi connectivity index (χ2n) is 10.5. The maximum atomic E-state index is 12.1. The van der Waals surface area contributed by atoms with Crippen molar-refractivity contribution in [2.24, 2.45) is 0 Å². The van der Waals surface area contributed by atoms with Crippen LogP contribution < -0.4 is 4.90 Å². The second-order valence-corrected chi connectivity index (χ2v) is 10.5. The first kappa shape index (κ1) is 26.0. The first-order valence-electron chi connectivity index (χ1n) is 14.2. The van der Waals surface area contributed by atoms with Gasteiger partial charge in [0.2, 0.25) is 0 Å². The minimum Gasteiger partial charge on any atom is -0.450 e. The summed E-state index contributed by atoms with van der Waals surface area (Å²) in [6.45, 7) is 11.5. The van der Waals surface area contributed by atoms with E-state index in [-0.39, 0.29) is 11.7 Å². The van der Waals surface area contributed by atoms with Crippen LogP contribution in [0.25, 0.3) is 16.8 Å². The number of hydrogen-bond donors (Lipinski definition) is 0. The van der Waals surface area contributed by atoms with E-state index in [0.717, 1.165) is 80.3 Å². The summed E-state index contributed by atoms with van der Waals surface area (Å²) in [5.41, 5.74) is 4.94. The van der Waals surface area contributed by atoms with Crippen LogP contribution >= 0.6 is 0 Å². The highest BCUT2D eigenvalue weighted by molar-refractivity contribution is 5.79. The molecule has 3 aromatic rings. The zero-order chi connectivity index (χ0) is 26.8. The minimum absolute atomic E-state index is 0.235. The quantitative estimate of drug-likeness (QED) is 0.456. The third-order valence-corrected chi connectivity index (χ3v) is 8.38. The van der Waals surface area contributed by atoms with Gasteiger partial charge < -0.3 is 24.0 Å². The van der Waals surface area contributed by atoms with Gasteiger partial charge in [0.05, 0.1) is 48.4 Å². The van der Waals surface area contributed by atoms with Crippen molar-refractivity contribution in [1.82, 2.24) is 24.4 Å². The third kappa shape index (κ3) is 5.08. The van der Waals surface area contributed by atoms with Gasteiger partial charge in [0, 0.05) is 75.6 Å². The molecule has 0 atom stereocenters. The van der Waals surface area contributed by atoms with Crippen molar-refractivity contribution < 1.29 is 19.0 Å². The molecule has 0 bridgehead atoms. The van der Waals surface area contributed by atoms with Crippen molar-refractivity contribution in [3.63, 3.8) is 0 Å². The van der Waals surface area contributed by atoms with Gasteiger partial charge in [-0.3, -0.25) is 9.88 Å². The number of anilines is 1. The highest BCUT2D eigenvalue weighted by Crippen LogP contribution is 2.38. The predicted molar refractivity (Wildman–Crippen MR) is 148 cm³/mol. The molecule has 10 nitrogen and oxygen atoms in total. The van der Waals surface area contributed by atoms with Crippen LogP contribution in [-0.2, 0) is 19.8 Å². The SMILES string of the molecule is CCOC(=O)N1CCN(c2ccnn3cc(-c4ccc(C5(OCC)CCN(C6COC6)CC5)cn4)cc23)CC1. The third-order valence-electron chi connectivity index (χ3n) is 8.38. The number of ether oxygens (including phenoxy) is 3. The smallest absolute Gasteiger partial charge is 0.409 e. The Labute approximate surface area is 229 Å². The summed E-state index contributed by atoms with van der Waals surface area (Å²) in [4.78, 5) is 23.6. The van der Waals surface area contributed by atoms with Gasteiger partial charge >= 0.3 is 6.09 Å². The van der Waals surface area contributed by atoms with E-state index in [1.165, 1.54) is 0 Å². The molecule has 0 radical (unpaired) electrons. The van der Waals surface area contributed by atoms with Gasteiger partial charge in [0.15, 0.2) is 0 Å². The number of rotatable bonds is 7. The van der Waals surface area contributed by atoms with E-state index >= 15 is 0 Å². The highest BCUT2D eigenvalue weighted by Gasteiger charge is 2.40. The van der Waals surface area contributed by atoms with Crippen LogP contribution in [0.2, 0.25) is 0 Å². The Morgan fingerprint density at radius 3 is 2.49 bits per heavy atom. The lowest BCUT2D eigenvalue weighted by atomic mass is 9.84. The van der Waals surface area contributed by atoms with Gasteiger partial charge in [-0.15, -0.1) is 0 Å². The Morgan fingerprint density at radius 1 is 1.05 bits per heavy atom. The van der Waals surface area contributed by atoms with Crippen LogP contribution in [0.3, 0.4) is 0 Å². The second kappa shape index (κ2) is 11.1. The van der Waals surface area contributed by atoms with Crippen molar-refractivity contribution >= 4 is 17.3 Å². The van der Waals surface area contributed by atoms with Crippen LogP contribution in [0.1, 0.15) is 32.3 Å². The van der Waals surface area contributed by atoms with Gasteiger partial charge in [-0.1, -0.05) is 6.07 Å². The fourth-order valence-corrected chi connectivity index (χ4v) is 6.06. The molecule has 0 aliphatic carbocycles. The summed E-state index contributed by atoms with van der Waals surface area (Å²) < 4.78 is 18.9. The Hall–Kier alpha value is -3.21. The minimum atomic E-state index is -0.284. The summed E-state index contributed by atoms with van der Waals surface area (Å²) in [6.07, 6.45) is 7.55. The monoisotopic (exact) mass is 534 g/mol. The molecule has 6 heterocycles. The molecular formula is C29H38N6O4. The van der Waals surface area contributed by atoms with Crippen LogP contribution in [0.15, 0.2) is 42.9 Å². The van der Waals surface area contributed by atoms with Gasteiger partial charge in [0.1, 0.15) is 0 Å². The Kier molecular flexibility index (Phi) is 7.42. The number of carbonyl (C=O) groups excluding carboxylic acids is 1. The first-order valence-corrected chi connectivity index (χ1v) is 14.2. The Balaban J connectivity index is 1.18. The average molecular weight is 535 g/mol. The standard InChI is InChI=1S/C29H38N6O4/c1-3-38-28(36)34-15-13-33(14-16-34)26-7-10-31-35-19-22(17-27(26)35)25-6-5-23(18-30-25)29(39-4-2)8-11-32(12-9-29)24-20-37-21-24/h5-7,10,17-19,24H,3-4,8-9,11-16,20-21H2,1-2H3. The van der Waals surface area contributed by atoms with Gasteiger partial charge in [-0.2, -0.15) is 5.10 Å². The molecule has 3 aliphatic heterocycles. The van der Waals surface area contributed by atoms with Crippen LogP contribution in [-0.4, -0.2) is 102 Å². The molecule has 0 spiro atoms. The lowest BCUT2D eigenvalue weighted by Crippen LogP contribution is -2.54. The number of fused-ring (bicyclic) bond motifs is 1. The fourth-order valence-electron chi connectivity index (χ4n) is 6.06. The van der Waals surface area contributed by atoms with E-state index in [0.29, 0.717) is 32.3 Å². The molecule has 10 heteroatoms. The summed E-state index contributed by atoms with van der Waals surface area (Å²) >= 11 is 0. The molecule has 3 fully saturated rings. The van der Waals surface area contributed by atoms with E-state index in [2.05, 4.69) is 40.0 Å². The van der Waals surface area contributed by atoms with Crippen LogP contribution in [0, 0.1) is 0 Å². The highest BCUT2D eigenvalue weighted by atomic mass is 16.6. The Morgan fingerprint density at radius 2 is 1.85 bits per heavy atom. The lowest BCUT2D eigenvalue weighted by Gasteiger charge is -2.46. The fraction of sp³-hybridized carbons (Fsp3) is 0.552. The Bertz CT molecular complexity index is 1270. The molecule has 208 valence electrons. The molecule has 6 rings (SSSR count). The number of hydrogen-bond acceptors (Lipinski definition) is 8. The number of piperidine rings is 1. The van der Waals surface area contributed by atoms with E-state index < -0.39 is 0 Å². The van der Waals surface area contributed by atoms with Crippen molar-refractivity contribution in [2.45, 2.75) is 38.3 Å². The maximum Gasteiger partial charge on any atom is 0.409 e. The summed E-state index contributed by atoms with van der Waals surface area (Å²) in [7, 11) is 0. The average Bonchev–Trinajstić information content (AvgIpc) is 3.38. The molecule has 0 N–H and O–H groups in total. The number of pyridine rings is 1. The van der Waals surface area contributed by atoms with E-state index in [4.69, 9.17) is 19.2 Å². The van der Waals surface area contributed by atoms with Gasteiger partial charge in [0.25, 0.3) is 0 Å². The largest absolute Gasteiger partial charge is 0.450 e. The number of aromatic nitrogens is 3. The number of piperazine rings is 1. The zero-order valence-corrected chi connectivity index (χ0v) is 22.9. The number of likely N-dealkylation sites (tertiary alicyclic amines) is 1. The van der Waals surface area contributed by atoms with Crippen molar-refractivity contribution in [3.8, 4) is 11.3 Å². The normalized spacial score (nSPS) is 20.3. The summed E-state index contributed by atoms with van der Waals surface area (Å²) in [6, 6.07) is 9.05. The summed E-state index contributed by atoms with van der Waals surface area (Å²) in [5.74, 6) is 0. The van der Waals surface area contributed by atoms with Crippen molar-refractivity contribution in [1.29, 1.82) is 0 Å². The van der Waals surface area contributed by atoms with Crippen molar-refractivity contribution in [3.05, 3.63) is 48.4 Å². The molecule has 3 saturated heterocycles. The van der Waals surface area contributed by atoms with Crippen molar-refractivity contribution in [2.75, 3.05) is 70.6 Å². The zero-order valence-electron chi connectivity index (χ0n) is 22.9. The van der Waals surface area contributed by atoms with Crippen LogP contribution in [0.4, 0.5) is 10.5 Å². The number of nitrogens with zero attached hydrogens (tertiary/aromatic N) is 6. The maximum absolute atomic E-state index is 12.1. The molecule has 0 saturated carbocycles. The van der Waals surface area contributed by atoms with Gasteiger partial charge in [-0.05, 0) is 44.9 Å². The first-order chi connectivity index (χ1) is 19.1. The molecule has 0 unspecified atom stereocenters. The van der Waals surface area contributed by atoms with E-state index in [1.54, 1.807) is 4.90 Å². The number of carbonyl (C=O) groups is 1. The molecule has 3 aliphatic rings. The number of amides is 1. The molecule has 39 heavy (non-hydrogen) atoms.